The highest BCUT2D eigenvalue weighted by molar-refractivity contribution is 7.99. The van der Waals surface area contributed by atoms with E-state index in [2.05, 4.69) is 48.1 Å². The van der Waals surface area contributed by atoms with E-state index < -0.39 is 0 Å². The number of benzene rings is 1. The fourth-order valence-electron chi connectivity index (χ4n) is 1.67. The van der Waals surface area contributed by atoms with Crippen molar-refractivity contribution in [3.05, 3.63) is 54.0 Å². The number of thioether (sulfide) groups is 1. The van der Waals surface area contributed by atoms with Gasteiger partial charge < -0.3 is 5.73 Å². The molecule has 0 fully saturated rings. The fourth-order valence-corrected chi connectivity index (χ4v) is 2.60. The number of nitrogens with zero attached hydrogens (tertiary/aromatic N) is 2. The Balaban J connectivity index is 2.05. The molecule has 4 heteroatoms. The molecule has 0 saturated carbocycles. The van der Waals surface area contributed by atoms with Crippen LogP contribution in [0.5, 0.6) is 0 Å². The molecule has 0 radical (unpaired) electrons. The second-order valence-corrected chi connectivity index (χ2v) is 5.70. The molecule has 0 aliphatic rings. The van der Waals surface area contributed by atoms with E-state index in [9.17, 15) is 0 Å². The van der Waals surface area contributed by atoms with E-state index >= 15 is 0 Å². The van der Waals surface area contributed by atoms with E-state index in [-0.39, 0.29) is 11.3 Å². The topological polar surface area (TPSA) is 51.8 Å². The van der Waals surface area contributed by atoms with Gasteiger partial charge in [-0.05, 0) is 12.5 Å². The lowest BCUT2D eigenvalue weighted by atomic mass is 10.0. The molecule has 1 heterocycles. The minimum absolute atomic E-state index is 0.00222. The molecule has 2 unspecified atom stereocenters. The van der Waals surface area contributed by atoms with Crippen molar-refractivity contribution in [3.8, 4) is 0 Å². The predicted molar refractivity (Wildman–Crippen MR) is 75.5 cm³/mol. The average molecular weight is 259 g/mol. The number of nitrogens with two attached hydrogens (primary N) is 1. The Bertz CT molecular complexity index is 484. The highest BCUT2D eigenvalue weighted by Gasteiger charge is 2.16. The Morgan fingerprint density at radius 3 is 2.50 bits per heavy atom. The zero-order valence-corrected chi connectivity index (χ0v) is 11.4. The summed E-state index contributed by atoms with van der Waals surface area (Å²) in [6.07, 6.45) is 5.14. The van der Waals surface area contributed by atoms with E-state index in [0.29, 0.717) is 0 Å². The quantitative estimate of drug-likeness (QED) is 0.858. The molecule has 0 saturated heterocycles. The van der Waals surface area contributed by atoms with Gasteiger partial charge >= 0.3 is 0 Å². The van der Waals surface area contributed by atoms with Crippen molar-refractivity contribution in [3.63, 3.8) is 0 Å². The molecule has 2 aromatic rings. The smallest absolute Gasteiger partial charge is 0.115 e. The lowest BCUT2D eigenvalue weighted by Gasteiger charge is -2.19. The Morgan fingerprint density at radius 1 is 1.17 bits per heavy atom. The minimum Gasteiger partial charge on any atom is -0.323 e. The van der Waals surface area contributed by atoms with Crippen molar-refractivity contribution in [1.82, 2.24) is 9.97 Å². The molecule has 1 aromatic heterocycles. The standard InChI is InChI=1S/C14H17N3S/c1-10-3-5-12(6-4-10)14(15)11(2)18-13-9-16-7-8-17-13/h3-9,11,14H,15H2,1-2H3. The highest BCUT2D eigenvalue weighted by atomic mass is 32.2. The lowest BCUT2D eigenvalue weighted by Crippen LogP contribution is -2.21. The van der Waals surface area contributed by atoms with Gasteiger partial charge in [-0.15, -0.1) is 0 Å². The summed E-state index contributed by atoms with van der Waals surface area (Å²) >= 11 is 1.65. The summed E-state index contributed by atoms with van der Waals surface area (Å²) in [5.74, 6) is 0. The first-order chi connectivity index (χ1) is 8.66. The second-order valence-electron chi connectivity index (χ2n) is 4.30. The summed E-state index contributed by atoms with van der Waals surface area (Å²) < 4.78 is 0. The third kappa shape index (κ3) is 3.31. The van der Waals surface area contributed by atoms with Gasteiger partial charge in [0.1, 0.15) is 5.03 Å². The van der Waals surface area contributed by atoms with Crippen molar-refractivity contribution in [2.75, 3.05) is 0 Å². The molecular formula is C14H17N3S. The summed E-state index contributed by atoms with van der Waals surface area (Å²) in [4.78, 5) is 8.31. The number of aromatic nitrogens is 2. The molecule has 0 spiro atoms. The van der Waals surface area contributed by atoms with Crippen LogP contribution < -0.4 is 5.73 Å². The summed E-state index contributed by atoms with van der Waals surface area (Å²) in [5.41, 5.74) is 8.67. The molecule has 2 rings (SSSR count). The van der Waals surface area contributed by atoms with Gasteiger partial charge in [-0.25, -0.2) is 4.98 Å². The molecule has 0 bridgehead atoms. The van der Waals surface area contributed by atoms with Gasteiger partial charge in [0.05, 0.1) is 6.20 Å². The van der Waals surface area contributed by atoms with Gasteiger partial charge in [0, 0.05) is 23.7 Å². The molecule has 18 heavy (non-hydrogen) atoms. The fraction of sp³-hybridized carbons (Fsp3) is 0.286. The number of rotatable bonds is 4. The Kier molecular flexibility index (Phi) is 4.33. The van der Waals surface area contributed by atoms with Crippen LogP contribution in [0, 0.1) is 6.92 Å². The number of aryl methyl sites for hydroxylation is 1. The van der Waals surface area contributed by atoms with Crippen molar-refractivity contribution in [2.24, 2.45) is 5.73 Å². The zero-order chi connectivity index (χ0) is 13.0. The maximum atomic E-state index is 6.27. The van der Waals surface area contributed by atoms with Crippen LogP contribution in [0.15, 0.2) is 47.9 Å². The summed E-state index contributed by atoms with van der Waals surface area (Å²) in [7, 11) is 0. The van der Waals surface area contributed by atoms with Crippen LogP contribution in [-0.4, -0.2) is 15.2 Å². The van der Waals surface area contributed by atoms with Crippen LogP contribution in [0.3, 0.4) is 0 Å². The summed E-state index contributed by atoms with van der Waals surface area (Å²) in [6, 6.07) is 8.36. The first kappa shape index (κ1) is 13.1. The molecule has 3 nitrogen and oxygen atoms in total. The predicted octanol–water partition coefficient (Wildman–Crippen LogP) is 2.97. The lowest BCUT2D eigenvalue weighted by molar-refractivity contribution is 0.713. The van der Waals surface area contributed by atoms with Gasteiger partial charge in [-0.3, -0.25) is 4.98 Å². The van der Waals surface area contributed by atoms with Crippen molar-refractivity contribution < 1.29 is 0 Å². The third-order valence-electron chi connectivity index (χ3n) is 2.81. The normalized spacial score (nSPS) is 14.2. The average Bonchev–Trinajstić information content (AvgIpc) is 2.40. The number of hydrogen-bond acceptors (Lipinski definition) is 4. The van der Waals surface area contributed by atoms with Crippen LogP contribution >= 0.6 is 11.8 Å². The monoisotopic (exact) mass is 259 g/mol. The number of hydrogen-bond donors (Lipinski definition) is 1. The Morgan fingerprint density at radius 2 is 1.89 bits per heavy atom. The van der Waals surface area contributed by atoms with E-state index in [0.717, 1.165) is 10.6 Å². The van der Waals surface area contributed by atoms with E-state index in [1.54, 1.807) is 30.4 Å². The van der Waals surface area contributed by atoms with Gasteiger partial charge in [0.2, 0.25) is 0 Å². The third-order valence-corrected chi connectivity index (χ3v) is 3.93. The highest BCUT2D eigenvalue weighted by Crippen LogP contribution is 2.28. The maximum Gasteiger partial charge on any atom is 0.115 e. The Labute approximate surface area is 112 Å². The molecule has 1 aromatic carbocycles. The van der Waals surface area contributed by atoms with Crippen LogP contribution in [0.1, 0.15) is 24.1 Å². The maximum absolute atomic E-state index is 6.27. The van der Waals surface area contributed by atoms with Crippen LogP contribution in [-0.2, 0) is 0 Å². The van der Waals surface area contributed by atoms with Crippen LogP contribution in [0.4, 0.5) is 0 Å². The van der Waals surface area contributed by atoms with Crippen LogP contribution in [0.2, 0.25) is 0 Å². The summed E-state index contributed by atoms with van der Waals surface area (Å²) in [5, 5.41) is 1.16. The van der Waals surface area contributed by atoms with E-state index in [1.165, 1.54) is 5.56 Å². The molecular weight excluding hydrogens is 242 g/mol. The van der Waals surface area contributed by atoms with Gasteiger partial charge in [0.15, 0.2) is 0 Å². The van der Waals surface area contributed by atoms with Crippen molar-refractivity contribution in [1.29, 1.82) is 0 Å². The van der Waals surface area contributed by atoms with Gasteiger partial charge in [-0.1, -0.05) is 48.5 Å². The first-order valence-electron chi connectivity index (χ1n) is 5.91. The zero-order valence-electron chi connectivity index (χ0n) is 10.6. The van der Waals surface area contributed by atoms with E-state index in [4.69, 9.17) is 5.73 Å². The Hall–Kier alpha value is -1.39. The van der Waals surface area contributed by atoms with E-state index in [1.807, 2.05) is 0 Å². The van der Waals surface area contributed by atoms with Crippen molar-refractivity contribution >= 4 is 11.8 Å². The molecule has 2 N–H and O–H groups in total. The van der Waals surface area contributed by atoms with Gasteiger partial charge in [0.25, 0.3) is 0 Å². The largest absolute Gasteiger partial charge is 0.323 e. The molecule has 0 aliphatic heterocycles. The molecule has 0 aliphatic carbocycles. The van der Waals surface area contributed by atoms with Crippen molar-refractivity contribution in [2.45, 2.75) is 30.2 Å². The minimum atomic E-state index is -0.00222. The second kappa shape index (κ2) is 5.98. The molecule has 94 valence electrons. The molecule has 2 atom stereocenters. The van der Waals surface area contributed by atoms with Crippen LogP contribution in [0.25, 0.3) is 0 Å². The SMILES string of the molecule is Cc1ccc(C(N)C(C)Sc2cnccn2)cc1. The summed E-state index contributed by atoms with van der Waals surface area (Å²) in [6.45, 7) is 4.19. The van der Waals surface area contributed by atoms with Gasteiger partial charge in [-0.2, -0.15) is 0 Å². The first-order valence-corrected chi connectivity index (χ1v) is 6.79. The molecule has 0 amide bonds.